The van der Waals surface area contributed by atoms with Crippen molar-refractivity contribution in [2.75, 3.05) is 13.1 Å². The second-order valence-corrected chi connectivity index (χ2v) is 7.23. The van der Waals surface area contributed by atoms with Crippen molar-refractivity contribution >= 4 is 5.91 Å². The molecule has 1 amide bonds. The first-order chi connectivity index (χ1) is 12.0. The number of hydrogen-bond acceptors (Lipinski definition) is 4. The van der Waals surface area contributed by atoms with Gasteiger partial charge < -0.3 is 15.2 Å². The number of nitrogens with zero attached hydrogens (tertiary/aromatic N) is 1. The molecule has 0 saturated carbocycles. The molecule has 5 heteroatoms. The molecule has 2 atom stereocenters. The highest BCUT2D eigenvalue weighted by Crippen LogP contribution is 2.19. The highest BCUT2D eigenvalue weighted by molar-refractivity contribution is 5.78. The number of nitrogens with one attached hydrogen (secondary N) is 1. The fraction of sp³-hybridized carbons (Fsp3) is 0.650. The van der Waals surface area contributed by atoms with Crippen molar-refractivity contribution in [3.8, 4) is 0 Å². The average molecular weight is 348 g/mol. The monoisotopic (exact) mass is 348 g/mol. The van der Waals surface area contributed by atoms with Gasteiger partial charge in [0.2, 0.25) is 5.91 Å². The number of ether oxygens (including phenoxy) is 1. The molecule has 1 heterocycles. The third-order valence-electron chi connectivity index (χ3n) is 4.66. The maximum absolute atomic E-state index is 12.2. The van der Waals surface area contributed by atoms with E-state index in [1.54, 1.807) is 0 Å². The molecule has 140 valence electrons. The molecule has 5 nitrogen and oxygen atoms in total. The summed E-state index contributed by atoms with van der Waals surface area (Å²) in [6.07, 6.45) is 3.01. The first-order valence-electron chi connectivity index (χ1n) is 9.34. The standard InChI is InChI=1S/C20H32N2O3/c1-15(2)25-14-18-9-7-17(8-10-18)12-21-20(24)13-22-11-5-4-6-19(22)16(3)23/h7-10,15-16,19,23H,4-6,11-14H2,1-3H3,(H,21,24). The van der Waals surface area contributed by atoms with Crippen molar-refractivity contribution in [1.82, 2.24) is 10.2 Å². The Hall–Kier alpha value is -1.43. The summed E-state index contributed by atoms with van der Waals surface area (Å²) in [5.41, 5.74) is 2.21. The number of aliphatic hydroxyl groups excluding tert-OH is 1. The zero-order chi connectivity index (χ0) is 18.2. The highest BCUT2D eigenvalue weighted by Gasteiger charge is 2.27. The number of rotatable bonds is 8. The van der Waals surface area contributed by atoms with Gasteiger partial charge in [0.1, 0.15) is 0 Å². The van der Waals surface area contributed by atoms with Gasteiger partial charge in [-0.05, 0) is 51.3 Å². The molecule has 1 fully saturated rings. The van der Waals surface area contributed by atoms with Crippen LogP contribution < -0.4 is 5.32 Å². The summed E-state index contributed by atoms with van der Waals surface area (Å²) in [5.74, 6) is 0.0137. The Morgan fingerprint density at radius 3 is 2.56 bits per heavy atom. The van der Waals surface area contributed by atoms with Crippen LogP contribution in [-0.4, -0.2) is 47.3 Å². The van der Waals surface area contributed by atoms with Crippen LogP contribution in [-0.2, 0) is 22.7 Å². The van der Waals surface area contributed by atoms with Crippen LogP contribution in [0.2, 0.25) is 0 Å². The largest absolute Gasteiger partial charge is 0.392 e. The normalized spacial score (nSPS) is 19.8. The fourth-order valence-corrected chi connectivity index (χ4v) is 3.22. The Balaban J connectivity index is 1.77. The molecule has 1 aliphatic heterocycles. The SMILES string of the molecule is CC(C)OCc1ccc(CNC(=O)CN2CCCCC2C(C)O)cc1. The van der Waals surface area contributed by atoms with Gasteiger partial charge in [0.05, 0.1) is 25.4 Å². The average Bonchev–Trinajstić information content (AvgIpc) is 2.59. The molecule has 0 radical (unpaired) electrons. The van der Waals surface area contributed by atoms with Crippen molar-refractivity contribution < 1.29 is 14.6 Å². The fourth-order valence-electron chi connectivity index (χ4n) is 3.22. The number of amides is 1. The van der Waals surface area contributed by atoms with E-state index in [9.17, 15) is 9.90 Å². The van der Waals surface area contributed by atoms with Gasteiger partial charge in [0, 0.05) is 12.6 Å². The molecule has 1 aliphatic rings. The third-order valence-corrected chi connectivity index (χ3v) is 4.66. The predicted octanol–water partition coefficient (Wildman–Crippen LogP) is 2.46. The van der Waals surface area contributed by atoms with Crippen LogP contribution in [0.4, 0.5) is 0 Å². The van der Waals surface area contributed by atoms with E-state index in [1.807, 2.05) is 45.0 Å². The molecule has 1 aromatic carbocycles. The topological polar surface area (TPSA) is 61.8 Å². The summed E-state index contributed by atoms with van der Waals surface area (Å²) in [5, 5.41) is 12.9. The summed E-state index contributed by atoms with van der Waals surface area (Å²) in [6, 6.07) is 8.23. The molecule has 0 aliphatic carbocycles. The molecule has 2 unspecified atom stereocenters. The summed E-state index contributed by atoms with van der Waals surface area (Å²) in [4.78, 5) is 14.3. The van der Waals surface area contributed by atoms with E-state index in [-0.39, 0.29) is 18.1 Å². The molecular weight excluding hydrogens is 316 g/mol. The molecule has 2 N–H and O–H groups in total. The van der Waals surface area contributed by atoms with Gasteiger partial charge in [-0.1, -0.05) is 30.7 Å². The first kappa shape index (κ1) is 19.9. The second-order valence-electron chi connectivity index (χ2n) is 7.23. The minimum atomic E-state index is -0.395. The third kappa shape index (κ3) is 6.77. The number of likely N-dealkylation sites (tertiary alicyclic amines) is 1. The lowest BCUT2D eigenvalue weighted by Crippen LogP contribution is -2.49. The van der Waals surface area contributed by atoms with Crippen LogP contribution in [0.3, 0.4) is 0 Å². The molecule has 0 aromatic heterocycles. The van der Waals surface area contributed by atoms with Crippen LogP contribution in [0.5, 0.6) is 0 Å². The molecule has 0 bridgehead atoms. The predicted molar refractivity (Wildman–Crippen MR) is 99.1 cm³/mol. The molecule has 1 aromatic rings. The molecule has 2 rings (SSSR count). The summed E-state index contributed by atoms with van der Waals surface area (Å²) >= 11 is 0. The van der Waals surface area contributed by atoms with Gasteiger partial charge in [-0.25, -0.2) is 0 Å². The number of hydrogen-bond donors (Lipinski definition) is 2. The minimum absolute atomic E-state index is 0.0137. The number of aliphatic hydroxyl groups is 1. The molecule has 0 spiro atoms. The second kappa shape index (κ2) is 9.90. The van der Waals surface area contributed by atoms with Crippen LogP contribution in [0.15, 0.2) is 24.3 Å². The Bertz CT molecular complexity index is 528. The lowest BCUT2D eigenvalue weighted by atomic mass is 9.98. The van der Waals surface area contributed by atoms with Gasteiger partial charge >= 0.3 is 0 Å². The summed E-state index contributed by atoms with van der Waals surface area (Å²) in [6.45, 7) is 8.23. The Morgan fingerprint density at radius 2 is 1.92 bits per heavy atom. The van der Waals surface area contributed by atoms with Gasteiger partial charge in [-0.3, -0.25) is 9.69 Å². The lowest BCUT2D eigenvalue weighted by Gasteiger charge is -2.36. The highest BCUT2D eigenvalue weighted by atomic mass is 16.5. The number of benzene rings is 1. The van der Waals surface area contributed by atoms with Crippen LogP contribution >= 0.6 is 0 Å². The van der Waals surface area contributed by atoms with E-state index < -0.39 is 6.10 Å². The summed E-state index contributed by atoms with van der Waals surface area (Å²) in [7, 11) is 0. The number of carbonyl (C=O) groups is 1. The van der Waals surface area contributed by atoms with Gasteiger partial charge in [0.25, 0.3) is 0 Å². The lowest BCUT2D eigenvalue weighted by molar-refractivity contribution is -0.124. The van der Waals surface area contributed by atoms with Crippen LogP contribution in [0, 0.1) is 0 Å². The van der Waals surface area contributed by atoms with Gasteiger partial charge in [-0.15, -0.1) is 0 Å². The van der Waals surface area contributed by atoms with E-state index in [1.165, 1.54) is 0 Å². The zero-order valence-electron chi connectivity index (χ0n) is 15.7. The van der Waals surface area contributed by atoms with Gasteiger partial charge in [-0.2, -0.15) is 0 Å². The Morgan fingerprint density at radius 1 is 1.24 bits per heavy atom. The quantitative estimate of drug-likeness (QED) is 0.758. The zero-order valence-corrected chi connectivity index (χ0v) is 15.7. The van der Waals surface area contributed by atoms with E-state index in [4.69, 9.17) is 4.74 Å². The van der Waals surface area contributed by atoms with Crippen molar-refractivity contribution in [2.24, 2.45) is 0 Å². The van der Waals surface area contributed by atoms with E-state index in [0.717, 1.165) is 36.9 Å². The Labute approximate surface area is 151 Å². The maximum Gasteiger partial charge on any atom is 0.234 e. The molecule has 1 saturated heterocycles. The minimum Gasteiger partial charge on any atom is -0.392 e. The van der Waals surface area contributed by atoms with E-state index >= 15 is 0 Å². The molecular formula is C20H32N2O3. The van der Waals surface area contributed by atoms with Gasteiger partial charge in [0.15, 0.2) is 0 Å². The first-order valence-corrected chi connectivity index (χ1v) is 9.34. The number of piperidine rings is 1. The van der Waals surface area contributed by atoms with Crippen molar-refractivity contribution in [2.45, 2.75) is 71.4 Å². The number of carbonyl (C=O) groups excluding carboxylic acids is 1. The molecule has 25 heavy (non-hydrogen) atoms. The van der Waals surface area contributed by atoms with Crippen molar-refractivity contribution in [3.63, 3.8) is 0 Å². The van der Waals surface area contributed by atoms with Crippen molar-refractivity contribution in [3.05, 3.63) is 35.4 Å². The smallest absolute Gasteiger partial charge is 0.234 e. The van der Waals surface area contributed by atoms with E-state index in [0.29, 0.717) is 19.7 Å². The summed E-state index contributed by atoms with van der Waals surface area (Å²) < 4.78 is 5.58. The maximum atomic E-state index is 12.2. The van der Waals surface area contributed by atoms with Crippen LogP contribution in [0.1, 0.15) is 51.2 Å². The van der Waals surface area contributed by atoms with Crippen LogP contribution in [0.25, 0.3) is 0 Å². The van der Waals surface area contributed by atoms with Crippen molar-refractivity contribution in [1.29, 1.82) is 0 Å². The van der Waals surface area contributed by atoms with E-state index in [2.05, 4.69) is 10.2 Å². The Kier molecular flexibility index (Phi) is 7.88.